The fourth-order valence-corrected chi connectivity index (χ4v) is 4.02. The molecule has 126 valence electrons. The predicted octanol–water partition coefficient (Wildman–Crippen LogP) is 2.98. The van der Waals surface area contributed by atoms with E-state index in [-0.39, 0.29) is 11.9 Å². The molecular weight excluding hydrogens is 324 g/mol. The van der Waals surface area contributed by atoms with Crippen LogP contribution in [0, 0.1) is 31.1 Å². The van der Waals surface area contributed by atoms with Crippen LogP contribution < -0.4 is 4.90 Å². The van der Waals surface area contributed by atoms with Gasteiger partial charge in [-0.15, -0.1) is 11.3 Å². The first-order valence-electron chi connectivity index (χ1n) is 8.07. The van der Waals surface area contributed by atoms with Gasteiger partial charge in [-0.2, -0.15) is 5.26 Å². The molecule has 0 unspecified atom stereocenters. The molecule has 0 saturated carbocycles. The molecule has 3 rings (SSSR count). The fraction of sp³-hybridized carbons (Fsp3) is 0.529. The zero-order valence-corrected chi connectivity index (χ0v) is 14.9. The van der Waals surface area contributed by atoms with Gasteiger partial charge in [0.1, 0.15) is 23.0 Å². The third-order valence-corrected chi connectivity index (χ3v) is 5.66. The lowest BCUT2D eigenvalue weighted by Gasteiger charge is -2.32. The van der Waals surface area contributed by atoms with Crippen molar-refractivity contribution < 1.29 is 9.53 Å². The van der Waals surface area contributed by atoms with Gasteiger partial charge in [-0.1, -0.05) is 0 Å². The first kappa shape index (κ1) is 16.7. The van der Waals surface area contributed by atoms with Crippen LogP contribution in [0.4, 0.5) is 5.82 Å². The molecule has 1 aliphatic rings. The predicted molar refractivity (Wildman–Crippen MR) is 93.0 cm³/mol. The highest BCUT2D eigenvalue weighted by Crippen LogP contribution is 2.35. The van der Waals surface area contributed by atoms with Gasteiger partial charge in [-0.3, -0.25) is 4.79 Å². The summed E-state index contributed by atoms with van der Waals surface area (Å²) in [6.45, 7) is 7.30. The third kappa shape index (κ3) is 3.06. The molecule has 0 radical (unpaired) electrons. The third-order valence-electron chi connectivity index (χ3n) is 4.55. The summed E-state index contributed by atoms with van der Waals surface area (Å²) < 4.78 is 5.13. The molecule has 2 aromatic heterocycles. The van der Waals surface area contributed by atoms with Crippen molar-refractivity contribution in [2.45, 2.75) is 39.7 Å². The first-order valence-corrected chi connectivity index (χ1v) is 8.88. The van der Waals surface area contributed by atoms with Crippen LogP contribution in [0.15, 0.2) is 6.33 Å². The minimum absolute atomic E-state index is 0.139. The average molecular weight is 344 g/mol. The second kappa shape index (κ2) is 6.73. The summed E-state index contributed by atoms with van der Waals surface area (Å²) in [4.78, 5) is 25.4. The number of hydrogen-bond donors (Lipinski definition) is 0. The highest BCUT2D eigenvalue weighted by Gasteiger charge is 2.29. The van der Waals surface area contributed by atoms with E-state index in [0.717, 1.165) is 29.1 Å². The van der Waals surface area contributed by atoms with Gasteiger partial charge in [0, 0.05) is 18.0 Å². The molecule has 1 atom stereocenters. The van der Waals surface area contributed by atoms with Gasteiger partial charge in [0.15, 0.2) is 6.10 Å². The van der Waals surface area contributed by atoms with Crippen LogP contribution in [0.5, 0.6) is 0 Å². The lowest BCUT2D eigenvalue weighted by molar-refractivity contribution is -0.151. The Bertz CT molecular complexity index is 803. The lowest BCUT2D eigenvalue weighted by Crippen LogP contribution is -2.38. The van der Waals surface area contributed by atoms with Gasteiger partial charge < -0.3 is 9.64 Å². The highest BCUT2D eigenvalue weighted by atomic mass is 32.1. The first-order chi connectivity index (χ1) is 11.5. The molecule has 2 aromatic rings. The number of thiophene rings is 1. The van der Waals surface area contributed by atoms with Crippen molar-refractivity contribution in [3.05, 3.63) is 16.8 Å². The number of anilines is 1. The number of hydrogen-bond acceptors (Lipinski definition) is 7. The zero-order valence-electron chi connectivity index (χ0n) is 14.1. The van der Waals surface area contributed by atoms with Gasteiger partial charge in [0.2, 0.25) is 0 Å². The molecule has 0 aromatic carbocycles. The minimum atomic E-state index is -0.687. The molecule has 0 bridgehead atoms. The van der Waals surface area contributed by atoms with Gasteiger partial charge in [0.25, 0.3) is 0 Å². The quantitative estimate of drug-likeness (QED) is 0.797. The number of nitrogens with zero attached hydrogens (tertiary/aromatic N) is 4. The molecule has 7 heteroatoms. The van der Waals surface area contributed by atoms with Crippen molar-refractivity contribution in [1.29, 1.82) is 5.26 Å². The Morgan fingerprint density at radius 1 is 1.42 bits per heavy atom. The second-order valence-electron chi connectivity index (χ2n) is 6.13. The van der Waals surface area contributed by atoms with E-state index in [4.69, 9.17) is 10.00 Å². The summed E-state index contributed by atoms with van der Waals surface area (Å²) in [6, 6.07) is 1.93. The zero-order chi connectivity index (χ0) is 17.3. The molecule has 1 fully saturated rings. The van der Waals surface area contributed by atoms with Crippen LogP contribution in [-0.2, 0) is 9.53 Å². The van der Waals surface area contributed by atoms with Crippen LogP contribution in [0.1, 0.15) is 30.2 Å². The van der Waals surface area contributed by atoms with E-state index < -0.39 is 6.10 Å². The van der Waals surface area contributed by atoms with Crippen molar-refractivity contribution in [3.8, 4) is 6.07 Å². The van der Waals surface area contributed by atoms with E-state index in [0.29, 0.717) is 12.8 Å². The van der Waals surface area contributed by atoms with Gasteiger partial charge in [-0.05, 0) is 39.2 Å². The number of aryl methyl sites for hydroxylation is 2. The number of fused-ring (bicyclic) bond motifs is 1. The van der Waals surface area contributed by atoms with Crippen molar-refractivity contribution in [2.24, 2.45) is 5.92 Å². The van der Waals surface area contributed by atoms with Gasteiger partial charge in [0.05, 0.1) is 11.3 Å². The summed E-state index contributed by atoms with van der Waals surface area (Å²) in [5.41, 5.74) is 1.23. The van der Waals surface area contributed by atoms with E-state index >= 15 is 0 Å². The fourth-order valence-electron chi connectivity index (χ4n) is 3.03. The number of ether oxygens (including phenoxy) is 1. The Labute approximate surface area is 145 Å². The van der Waals surface area contributed by atoms with Gasteiger partial charge in [-0.25, -0.2) is 9.97 Å². The normalized spacial score (nSPS) is 16.8. The SMILES string of the molecule is Cc1sc2ncnc(N3CCC(C(=O)O[C@@H](C)C#N)CC3)c2c1C. The molecular formula is C17H20N4O2S. The maximum Gasteiger partial charge on any atom is 0.310 e. The standard InChI is InChI=1S/C17H20N4O2S/c1-10(8-18)23-17(22)13-4-6-21(7-5-13)15-14-11(2)12(3)24-16(14)20-9-19-15/h9-10,13H,4-7H2,1-3H3/t10-/m0/s1. The number of piperidine rings is 1. The molecule has 1 saturated heterocycles. The molecule has 3 heterocycles. The Hall–Kier alpha value is -2.20. The Morgan fingerprint density at radius 3 is 2.79 bits per heavy atom. The van der Waals surface area contributed by atoms with Crippen LogP contribution >= 0.6 is 11.3 Å². The van der Waals surface area contributed by atoms with E-state index in [1.165, 1.54) is 10.4 Å². The number of esters is 1. The van der Waals surface area contributed by atoms with Crippen LogP contribution in [0.2, 0.25) is 0 Å². The summed E-state index contributed by atoms with van der Waals surface area (Å²) in [5.74, 6) is 0.554. The molecule has 1 aliphatic heterocycles. The highest BCUT2D eigenvalue weighted by molar-refractivity contribution is 7.18. The van der Waals surface area contributed by atoms with Crippen LogP contribution in [0.3, 0.4) is 0 Å². The van der Waals surface area contributed by atoms with Crippen molar-refractivity contribution in [3.63, 3.8) is 0 Å². The molecule has 0 spiro atoms. The smallest absolute Gasteiger partial charge is 0.310 e. The number of nitriles is 1. The molecule has 0 N–H and O–H groups in total. The topological polar surface area (TPSA) is 79.1 Å². The Balaban J connectivity index is 1.74. The molecule has 24 heavy (non-hydrogen) atoms. The van der Waals surface area contributed by atoms with Crippen molar-refractivity contribution in [2.75, 3.05) is 18.0 Å². The van der Waals surface area contributed by atoms with Crippen LogP contribution in [0.25, 0.3) is 10.2 Å². The summed E-state index contributed by atoms with van der Waals surface area (Å²) in [7, 11) is 0. The molecule has 6 nitrogen and oxygen atoms in total. The van der Waals surface area contributed by atoms with E-state index in [1.54, 1.807) is 24.6 Å². The lowest BCUT2D eigenvalue weighted by atomic mass is 9.96. The van der Waals surface area contributed by atoms with Crippen molar-refractivity contribution in [1.82, 2.24) is 9.97 Å². The number of carbonyl (C=O) groups is 1. The molecule has 0 aliphatic carbocycles. The van der Waals surface area contributed by atoms with E-state index in [2.05, 4.69) is 28.7 Å². The van der Waals surface area contributed by atoms with Crippen molar-refractivity contribution >= 4 is 33.3 Å². The Morgan fingerprint density at radius 2 is 2.12 bits per heavy atom. The van der Waals surface area contributed by atoms with E-state index in [1.807, 2.05) is 6.07 Å². The Kier molecular flexibility index (Phi) is 4.67. The minimum Gasteiger partial charge on any atom is -0.447 e. The van der Waals surface area contributed by atoms with E-state index in [9.17, 15) is 4.79 Å². The maximum atomic E-state index is 12.1. The van der Waals surface area contributed by atoms with Crippen LogP contribution in [-0.4, -0.2) is 35.1 Å². The summed E-state index contributed by atoms with van der Waals surface area (Å²) in [6.07, 6.45) is 2.35. The molecule has 0 amide bonds. The number of aromatic nitrogens is 2. The largest absolute Gasteiger partial charge is 0.447 e. The maximum absolute atomic E-state index is 12.1. The average Bonchev–Trinajstić information content (AvgIpc) is 2.89. The second-order valence-corrected chi connectivity index (χ2v) is 7.33. The number of rotatable bonds is 3. The summed E-state index contributed by atoms with van der Waals surface area (Å²) >= 11 is 1.69. The van der Waals surface area contributed by atoms with Gasteiger partial charge >= 0.3 is 5.97 Å². The monoisotopic (exact) mass is 344 g/mol. The summed E-state index contributed by atoms with van der Waals surface area (Å²) in [5, 5.41) is 9.88. The number of carbonyl (C=O) groups excluding carboxylic acids is 1.